The fraction of sp³-hybridized carbons (Fsp3) is 1.00. The Labute approximate surface area is 124 Å². The molecule has 3 nitrogen and oxygen atoms in total. The van der Waals surface area contributed by atoms with Gasteiger partial charge in [-0.2, -0.15) is 0 Å². The average molecular weight is 301 g/mol. The standard InChI is InChI=1S/C16H31NO2S/c1-15(2,3)13-5-8-16(9-6-13,12-17-4)14-7-10-20(18,19)11-14/h13-14,17H,5-12H2,1-4H3. The fourth-order valence-electron chi connectivity index (χ4n) is 4.42. The summed E-state index contributed by atoms with van der Waals surface area (Å²) >= 11 is 0. The highest BCUT2D eigenvalue weighted by Gasteiger charge is 2.47. The second-order valence-corrected chi connectivity index (χ2v) is 10.4. The zero-order valence-electron chi connectivity index (χ0n) is 13.5. The topological polar surface area (TPSA) is 46.2 Å². The van der Waals surface area contributed by atoms with E-state index in [-0.39, 0.29) is 5.41 Å². The van der Waals surface area contributed by atoms with Gasteiger partial charge in [-0.3, -0.25) is 0 Å². The van der Waals surface area contributed by atoms with Crippen LogP contribution in [0.15, 0.2) is 0 Å². The quantitative estimate of drug-likeness (QED) is 0.872. The molecule has 2 fully saturated rings. The average Bonchev–Trinajstić information content (AvgIpc) is 2.70. The number of nitrogens with one attached hydrogen (secondary N) is 1. The van der Waals surface area contributed by atoms with E-state index in [1.807, 2.05) is 7.05 Å². The first-order valence-electron chi connectivity index (χ1n) is 8.04. The third kappa shape index (κ3) is 3.38. The van der Waals surface area contributed by atoms with Crippen molar-refractivity contribution in [2.45, 2.75) is 52.9 Å². The lowest BCUT2D eigenvalue weighted by Gasteiger charge is -2.47. The van der Waals surface area contributed by atoms with Crippen LogP contribution in [0.1, 0.15) is 52.9 Å². The Bertz CT molecular complexity index is 428. The maximum atomic E-state index is 11.8. The van der Waals surface area contributed by atoms with Crippen molar-refractivity contribution in [1.82, 2.24) is 5.32 Å². The van der Waals surface area contributed by atoms with Gasteiger partial charge in [-0.25, -0.2) is 8.42 Å². The van der Waals surface area contributed by atoms with E-state index in [1.54, 1.807) is 0 Å². The molecule has 1 saturated carbocycles. The van der Waals surface area contributed by atoms with Crippen molar-refractivity contribution >= 4 is 9.84 Å². The molecule has 2 aliphatic rings. The zero-order valence-corrected chi connectivity index (χ0v) is 14.4. The van der Waals surface area contributed by atoms with Crippen LogP contribution in [0.4, 0.5) is 0 Å². The number of hydrogen-bond donors (Lipinski definition) is 1. The Hall–Kier alpha value is -0.0900. The van der Waals surface area contributed by atoms with Crippen LogP contribution in [0.2, 0.25) is 0 Å². The van der Waals surface area contributed by atoms with E-state index >= 15 is 0 Å². The van der Waals surface area contributed by atoms with Crippen LogP contribution in [0.3, 0.4) is 0 Å². The Kier molecular flexibility index (Phi) is 4.56. The van der Waals surface area contributed by atoms with Gasteiger partial charge in [0.2, 0.25) is 0 Å². The highest BCUT2D eigenvalue weighted by molar-refractivity contribution is 7.91. The van der Waals surface area contributed by atoms with Gasteiger partial charge < -0.3 is 5.32 Å². The first-order valence-corrected chi connectivity index (χ1v) is 9.86. The molecule has 1 unspecified atom stereocenters. The molecule has 0 amide bonds. The molecule has 0 radical (unpaired) electrons. The molecule has 1 heterocycles. The molecule has 1 atom stereocenters. The monoisotopic (exact) mass is 301 g/mol. The van der Waals surface area contributed by atoms with Gasteiger partial charge in [0.15, 0.2) is 9.84 Å². The fourth-order valence-corrected chi connectivity index (χ4v) is 6.36. The van der Waals surface area contributed by atoms with Gasteiger partial charge in [-0.05, 0) is 61.8 Å². The summed E-state index contributed by atoms with van der Waals surface area (Å²) in [6.45, 7) is 7.98. The number of rotatable bonds is 3. The SMILES string of the molecule is CNCC1(C2CCS(=O)(=O)C2)CCC(C(C)(C)C)CC1. The van der Waals surface area contributed by atoms with Gasteiger partial charge in [0.25, 0.3) is 0 Å². The molecule has 0 aromatic carbocycles. The van der Waals surface area contributed by atoms with Crippen LogP contribution in [0.5, 0.6) is 0 Å². The molecular formula is C16H31NO2S. The van der Waals surface area contributed by atoms with Crippen molar-refractivity contribution in [3.63, 3.8) is 0 Å². The van der Waals surface area contributed by atoms with E-state index in [2.05, 4.69) is 26.1 Å². The van der Waals surface area contributed by atoms with Gasteiger partial charge in [0.1, 0.15) is 0 Å². The van der Waals surface area contributed by atoms with Crippen LogP contribution in [0.25, 0.3) is 0 Å². The summed E-state index contributed by atoms with van der Waals surface area (Å²) < 4.78 is 23.7. The lowest BCUT2D eigenvalue weighted by molar-refractivity contribution is 0.0488. The summed E-state index contributed by atoms with van der Waals surface area (Å²) in [5, 5.41) is 3.34. The largest absolute Gasteiger partial charge is 0.319 e. The molecule has 2 rings (SSSR count). The predicted molar refractivity (Wildman–Crippen MR) is 84.5 cm³/mol. The lowest BCUT2D eigenvalue weighted by Crippen LogP contribution is -2.44. The van der Waals surface area contributed by atoms with Crippen molar-refractivity contribution in [3.8, 4) is 0 Å². The molecule has 0 spiro atoms. The summed E-state index contributed by atoms with van der Waals surface area (Å²) in [5.41, 5.74) is 0.605. The van der Waals surface area contributed by atoms with Gasteiger partial charge in [0.05, 0.1) is 11.5 Å². The molecule has 1 aliphatic heterocycles. The van der Waals surface area contributed by atoms with Crippen LogP contribution in [0, 0.1) is 22.7 Å². The van der Waals surface area contributed by atoms with Crippen molar-refractivity contribution in [1.29, 1.82) is 0 Å². The maximum Gasteiger partial charge on any atom is 0.150 e. The van der Waals surface area contributed by atoms with E-state index in [0.717, 1.165) is 18.9 Å². The van der Waals surface area contributed by atoms with E-state index in [9.17, 15) is 8.42 Å². The number of sulfone groups is 1. The molecule has 0 aromatic rings. The molecule has 1 aliphatic carbocycles. The minimum absolute atomic E-state index is 0.222. The van der Waals surface area contributed by atoms with Crippen molar-refractivity contribution in [3.05, 3.63) is 0 Å². The molecule has 0 bridgehead atoms. The summed E-state index contributed by atoms with van der Waals surface area (Å²) in [4.78, 5) is 0. The van der Waals surface area contributed by atoms with Crippen LogP contribution in [-0.2, 0) is 9.84 Å². The summed E-state index contributed by atoms with van der Waals surface area (Å²) in [7, 11) is -0.770. The normalized spacial score (nSPS) is 38.0. The molecular weight excluding hydrogens is 270 g/mol. The van der Waals surface area contributed by atoms with E-state index in [1.165, 1.54) is 25.7 Å². The van der Waals surface area contributed by atoms with E-state index < -0.39 is 9.84 Å². The maximum absolute atomic E-state index is 11.8. The van der Waals surface area contributed by atoms with Gasteiger partial charge in [-0.15, -0.1) is 0 Å². The summed E-state index contributed by atoms with van der Waals surface area (Å²) in [6, 6.07) is 0. The van der Waals surface area contributed by atoms with Gasteiger partial charge >= 0.3 is 0 Å². The summed E-state index contributed by atoms with van der Waals surface area (Å²) in [6.07, 6.45) is 5.76. The second kappa shape index (κ2) is 5.60. The Balaban J connectivity index is 2.10. The van der Waals surface area contributed by atoms with E-state index in [0.29, 0.717) is 22.8 Å². The van der Waals surface area contributed by atoms with Crippen molar-refractivity contribution in [2.24, 2.45) is 22.7 Å². The zero-order chi connectivity index (χ0) is 15.0. The van der Waals surface area contributed by atoms with E-state index in [4.69, 9.17) is 0 Å². The highest BCUT2D eigenvalue weighted by atomic mass is 32.2. The lowest BCUT2D eigenvalue weighted by atomic mass is 9.59. The van der Waals surface area contributed by atoms with Crippen LogP contribution >= 0.6 is 0 Å². The van der Waals surface area contributed by atoms with Gasteiger partial charge in [0, 0.05) is 6.54 Å². The molecule has 118 valence electrons. The Morgan fingerprint density at radius 2 is 1.75 bits per heavy atom. The second-order valence-electron chi connectivity index (χ2n) is 8.13. The third-order valence-electron chi connectivity index (χ3n) is 5.83. The summed E-state index contributed by atoms with van der Waals surface area (Å²) in [5.74, 6) is 1.99. The number of hydrogen-bond acceptors (Lipinski definition) is 3. The molecule has 1 saturated heterocycles. The highest BCUT2D eigenvalue weighted by Crippen LogP contribution is 2.51. The first-order chi connectivity index (χ1) is 9.19. The smallest absolute Gasteiger partial charge is 0.150 e. The molecule has 0 aromatic heterocycles. The van der Waals surface area contributed by atoms with Gasteiger partial charge in [-0.1, -0.05) is 20.8 Å². The molecule has 20 heavy (non-hydrogen) atoms. The Morgan fingerprint density at radius 3 is 2.15 bits per heavy atom. The van der Waals surface area contributed by atoms with Crippen molar-refractivity contribution in [2.75, 3.05) is 25.1 Å². The van der Waals surface area contributed by atoms with Crippen molar-refractivity contribution < 1.29 is 8.42 Å². The van der Waals surface area contributed by atoms with Crippen LogP contribution in [-0.4, -0.2) is 33.5 Å². The Morgan fingerprint density at radius 1 is 1.15 bits per heavy atom. The minimum atomic E-state index is -2.77. The molecule has 1 N–H and O–H groups in total. The molecule has 4 heteroatoms. The van der Waals surface area contributed by atoms with Crippen LogP contribution < -0.4 is 5.32 Å². The minimum Gasteiger partial charge on any atom is -0.319 e. The third-order valence-corrected chi connectivity index (χ3v) is 7.60. The first kappa shape index (κ1) is 16.3. The predicted octanol–water partition coefficient (Wildman–Crippen LogP) is 2.86.